The van der Waals surface area contributed by atoms with Crippen molar-refractivity contribution >= 4 is 23.1 Å². The number of aliphatic hydroxyl groups is 1. The highest BCUT2D eigenvalue weighted by molar-refractivity contribution is 6.51. The Morgan fingerprint density at radius 1 is 1.09 bits per heavy atom. The van der Waals surface area contributed by atoms with E-state index in [1.165, 1.54) is 12.0 Å². The molecule has 0 aliphatic carbocycles. The first-order valence-electron chi connectivity index (χ1n) is 11.0. The van der Waals surface area contributed by atoms with E-state index in [0.717, 1.165) is 11.1 Å². The summed E-state index contributed by atoms with van der Waals surface area (Å²) in [6, 6.07) is 13.2. The van der Waals surface area contributed by atoms with Gasteiger partial charge in [-0.1, -0.05) is 12.1 Å². The molecule has 1 aliphatic heterocycles. The smallest absolute Gasteiger partial charge is 0.300 e. The van der Waals surface area contributed by atoms with E-state index < -0.39 is 17.7 Å². The molecular formula is C27H26N2O5. The van der Waals surface area contributed by atoms with Crippen LogP contribution in [-0.2, 0) is 9.59 Å². The predicted molar refractivity (Wildman–Crippen MR) is 129 cm³/mol. The van der Waals surface area contributed by atoms with Crippen LogP contribution in [0.25, 0.3) is 5.76 Å². The number of aryl methyl sites for hydroxylation is 2. The molecule has 1 saturated heterocycles. The summed E-state index contributed by atoms with van der Waals surface area (Å²) in [7, 11) is 1.51. The van der Waals surface area contributed by atoms with Crippen molar-refractivity contribution in [2.24, 2.45) is 0 Å². The van der Waals surface area contributed by atoms with Crippen LogP contribution in [0.2, 0.25) is 0 Å². The van der Waals surface area contributed by atoms with E-state index in [2.05, 4.69) is 4.98 Å². The lowest BCUT2D eigenvalue weighted by atomic mass is 9.94. The molecule has 7 heteroatoms. The summed E-state index contributed by atoms with van der Waals surface area (Å²) in [6.07, 6.45) is 3.17. The van der Waals surface area contributed by atoms with Gasteiger partial charge in [-0.3, -0.25) is 19.5 Å². The zero-order chi connectivity index (χ0) is 24.4. The van der Waals surface area contributed by atoms with E-state index in [9.17, 15) is 14.7 Å². The minimum atomic E-state index is -0.856. The molecule has 1 unspecified atom stereocenters. The number of ether oxygens (including phenoxy) is 2. The van der Waals surface area contributed by atoms with Crippen molar-refractivity contribution in [3.63, 3.8) is 0 Å². The number of hydrogen-bond donors (Lipinski definition) is 1. The highest BCUT2D eigenvalue weighted by Crippen LogP contribution is 2.44. The van der Waals surface area contributed by atoms with Crippen molar-refractivity contribution in [2.75, 3.05) is 18.6 Å². The van der Waals surface area contributed by atoms with Gasteiger partial charge in [0.1, 0.15) is 17.3 Å². The van der Waals surface area contributed by atoms with Crippen LogP contribution in [0.15, 0.2) is 66.5 Å². The molecule has 1 N–H and O–H groups in total. The van der Waals surface area contributed by atoms with Gasteiger partial charge in [-0.2, -0.15) is 0 Å². The minimum absolute atomic E-state index is 0.0127. The Hall–Kier alpha value is -4.13. The lowest BCUT2D eigenvalue weighted by Crippen LogP contribution is -2.29. The summed E-state index contributed by atoms with van der Waals surface area (Å²) in [5.41, 5.74) is 3.17. The fourth-order valence-electron chi connectivity index (χ4n) is 4.40. The Labute approximate surface area is 198 Å². The number of hydrogen-bond acceptors (Lipinski definition) is 6. The molecule has 1 amide bonds. The standard InChI is InChI=1S/C27H26N2O5/c1-5-34-20-8-6-7-19(15-20)29-23(18-9-11-28-12-10-18)22(25(31)27(29)32)24(30)21-14-16(2)13-17(3)26(21)33-4/h6-15,23,30H,5H2,1-4H3/b24-22+. The second-order valence-electron chi connectivity index (χ2n) is 8.04. The molecule has 2 aromatic carbocycles. The van der Waals surface area contributed by atoms with Gasteiger partial charge in [0, 0.05) is 24.1 Å². The third-order valence-corrected chi connectivity index (χ3v) is 5.75. The van der Waals surface area contributed by atoms with Crippen molar-refractivity contribution in [1.82, 2.24) is 4.98 Å². The molecule has 7 nitrogen and oxygen atoms in total. The van der Waals surface area contributed by atoms with Gasteiger partial charge < -0.3 is 14.6 Å². The van der Waals surface area contributed by atoms with Gasteiger partial charge in [-0.05, 0) is 67.8 Å². The highest BCUT2D eigenvalue weighted by Gasteiger charge is 2.47. The molecule has 0 saturated carbocycles. The molecule has 1 atom stereocenters. The van der Waals surface area contributed by atoms with E-state index in [-0.39, 0.29) is 11.3 Å². The zero-order valence-corrected chi connectivity index (χ0v) is 19.5. The average molecular weight is 459 g/mol. The van der Waals surface area contributed by atoms with Crippen LogP contribution in [0.4, 0.5) is 5.69 Å². The summed E-state index contributed by atoms with van der Waals surface area (Å²) in [4.78, 5) is 32.2. The number of ketones is 1. The molecule has 1 aliphatic rings. The minimum Gasteiger partial charge on any atom is -0.507 e. The second-order valence-corrected chi connectivity index (χ2v) is 8.04. The number of anilines is 1. The lowest BCUT2D eigenvalue weighted by molar-refractivity contribution is -0.132. The third kappa shape index (κ3) is 4.01. The first-order chi connectivity index (χ1) is 16.4. The van der Waals surface area contributed by atoms with Gasteiger partial charge in [-0.25, -0.2) is 0 Å². The van der Waals surface area contributed by atoms with Gasteiger partial charge in [0.2, 0.25) is 0 Å². The van der Waals surface area contributed by atoms with Crippen LogP contribution in [0.5, 0.6) is 11.5 Å². The quantitative estimate of drug-likeness (QED) is 0.326. The van der Waals surface area contributed by atoms with Crippen molar-refractivity contribution < 1.29 is 24.2 Å². The van der Waals surface area contributed by atoms with Crippen LogP contribution >= 0.6 is 0 Å². The number of aliphatic hydroxyl groups excluding tert-OH is 1. The van der Waals surface area contributed by atoms with E-state index in [1.807, 2.05) is 26.8 Å². The van der Waals surface area contributed by atoms with Crippen LogP contribution in [-0.4, -0.2) is 35.5 Å². The molecule has 2 heterocycles. The molecule has 3 aromatic rings. The average Bonchev–Trinajstić information content (AvgIpc) is 3.09. The van der Waals surface area contributed by atoms with Crippen LogP contribution in [0.3, 0.4) is 0 Å². The number of nitrogens with zero attached hydrogens (tertiary/aromatic N) is 2. The third-order valence-electron chi connectivity index (χ3n) is 5.75. The molecule has 34 heavy (non-hydrogen) atoms. The van der Waals surface area contributed by atoms with Gasteiger partial charge in [0.25, 0.3) is 11.7 Å². The van der Waals surface area contributed by atoms with Gasteiger partial charge >= 0.3 is 0 Å². The molecule has 0 radical (unpaired) electrons. The first kappa shape index (κ1) is 23.0. The van der Waals surface area contributed by atoms with Crippen LogP contribution in [0.1, 0.15) is 35.2 Å². The summed E-state index contributed by atoms with van der Waals surface area (Å²) >= 11 is 0. The highest BCUT2D eigenvalue weighted by atomic mass is 16.5. The van der Waals surface area contributed by atoms with Gasteiger partial charge in [0.05, 0.1) is 30.9 Å². The topological polar surface area (TPSA) is 89.0 Å². The Bertz CT molecular complexity index is 1280. The fourth-order valence-corrected chi connectivity index (χ4v) is 4.40. The molecule has 0 bridgehead atoms. The Morgan fingerprint density at radius 3 is 2.50 bits per heavy atom. The number of carbonyl (C=O) groups excluding carboxylic acids is 2. The maximum atomic E-state index is 13.4. The monoisotopic (exact) mass is 458 g/mol. The number of amides is 1. The molecule has 1 fully saturated rings. The maximum Gasteiger partial charge on any atom is 0.300 e. The Kier molecular flexibility index (Phi) is 6.36. The normalized spacial score (nSPS) is 17.2. The summed E-state index contributed by atoms with van der Waals surface area (Å²) in [5.74, 6) is -0.776. The molecular weight excluding hydrogens is 432 g/mol. The van der Waals surface area contributed by atoms with Gasteiger partial charge in [-0.15, -0.1) is 0 Å². The largest absolute Gasteiger partial charge is 0.507 e. The summed E-state index contributed by atoms with van der Waals surface area (Å²) in [5, 5.41) is 11.5. The second kappa shape index (κ2) is 9.39. The number of rotatable bonds is 6. The number of carbonyl (C=O) groups is 2. The van der Waals surface area contributed by atoms with Crippen LogP contribution in [0, 0.1) is 13.8 Å². The number of aromatic nitrogens is 1. The van der Waals surface area contributed by atoms with Crippen molar-refractivity contribution in [3.8, 4) is 11.5 Å². The molecule has 0 spiro atoms. The summed E-state index contributed by atoms with van der Waals surface area (Å²) < 4.78 is 11.1. The van der Waals surface area contributed by atoms with Crippen LogP contribution < -0.4 is 14.4 Å². The SMILES string of the molecule is CCOc1cccc(N2C(=O)C(=O)/C(=C(/O)c3cc(C)cc(C)c3OC)C2c2ccncc2)c1. The molecule has 174 valence electrons. The maximum absolute atomic E-state index is 13.4. The zero-order valence-electron chi connectivity index (χ0n) is 19.5. The summed E-state index contributed by atoms with van der Waals surface area (Å²) in [6.45, 7) is 6.08. The van der Waals surface area contributed by atoms with Crippen molar-refractivity contribution in [2.45, 2.75) is 26.8 Å². The first-order valence-corrected chi connectivity index (χ1v) is 11.0. The molecule has 4 rings (SSSR count). The van der Waals surface area contributed by atoms with E-state index in [1.54, 1.807) is 54.9 Å². The number of Topliss-reactive ketones (excluding diaryl/α,β-unsaturated/α-hetero) is 1. The fraction of sp³-hybridized carbons (Fsp3) is 0.222. The van der Waals surface area contributed by atoms with Crippen molar-refractivity contribution in [1.29, 1.82) is 0 Å². The Balaban J connectivity index is 1.97. The number of methoxy groups -OCH3 is 1. The number of benzene rings is 2. The van der Waals surface area contributed by atoms with E-state index in [0.29, 0.717) is 34.9 Å². The van der Waals surface area contributed by atoms with Gasteiger partial charge in [0.15, 0.2) is 0 Å². The van der Waals surface area contributed by atoms with E-state index >= 15 is 0 Å². The lowest BCUT2D eigenvalue weighted by Gasteiger charge is -2.26. The Morgan fingerprint density at radius 2 is 1.82 bits per heavy atom. The van der Waals surface area contributed by atoms with E-state index in [4.69, 9.17) is 9.47 Å². The van der Waals surface area contributed by atoms with Crippen molar-refractivity contribution in [3.05, 3.63) is 88.8 Å². The predicted octanol–water partition coefficient (Wildman–Crippen LogP) is 4.73. The number of pyridine rings is 1. The molecule has 1 aromatic heterocycles.